The van der Waals surface area contributed by atoms with E-state index in [0.29, 0.717) is 0 Å². The molecule has 5 heteroatoms. The van der Waals surface area contributed by atoms with E-state index in [0.717, 1.165) is 17.6 Å². The van der Waals surface area contributed by atoms with Crippen molar-refractivity contribution in [2.24, 2.45) is 0 Å². The zero-order valence-electron chi connectivity index (χ0n) is 10.6. The molecule has 1 unspecified atom stereocenters. The van der Waals surface area contributed by atoms with Crippen LogP contribution in [0.3, 0.4) is 0 Å². The molecule has 0 aliphatic rings. The van der Waals surface area contributed by atoms with Crippen LogP contribution in [0.2, 0.25) is 0 Å². The molecule has 3 aromatic rings. The molecule has 0 bridgehead atoms. The predicted octanol–water partition coefficient (Wildman–Crippen LogP) is 2.77. The SMILES string of the molecule is CC(NCc1cccs1)c1ccc2[nH]c(=O)[nH]c2c1. The van der Waals surface area contributed by atoms with Crippen LogP contribution in [0, 0.1) is 0 Å². The van der Waals surface area contributed by atoms with Crippen molar-refractivity contribution in [3.05, 3.63) is 56.6 Å². The molecule has 0 aliphatic carbocycles. The van der Waals surface area contributed by atoms with Crippen LogP contribution in [0.5, 0.6) is 0 Å². The fourth-order valence-corrected chi connectivity index (χ4v) is 2.76. The van der Waals surface area contributed by atoms with Crippen LogP contribution in [-0.4, -0.2) is 9.97 Å². The zero-order chi connectivity index (χ0) is 13.2. The van der Waals surface area contributed by atoms with Crippen LogP contribution in [0.25, 0.3) is 11.0 Å². The Labute approximate surface area is 114 Å². The lowest BCUT2D eigenvalue weighted by Gasteiger charge is -2.13. The maximum atomic E-state index is 11.2. The minimum Gasteiger partial charge on any atom is -0.306 e. The molecule has 0 aliphatic heterocycles. The summed E-state index contributed by atoms with van der Waals surface area (Å²) in [6.07, 6.45) is 0. The van der Waals surface area contributed by atoms with Crippen LogP contribution in [0.15, 0.2) is 40.5 Å². The van der Waals surface area contributed by atoms with Gasteiger partial charge in [0.2, 0.25) is 0 Å². The summed E-state index contributed by atoms with van der Waals surface area (Å²) in [6, 6.07) is 10.4. The molecule has 0 saturated heterocycles. The average molecular weight is 273 g/mol. The molecule has 3 rings (SSSR count). The van der Waals surface area contributed by atoms with Crippen molar-refractivity contribution >= 4 is 22.4 Å². The fourth-order valence-electron chi connectivity index (χ4n) is 2.10. The van der Waals surface area contributed by atoms with E-state index in [-0.39, 0.29) is 11.7 Å². The van der Waals surface area contributed by atoms with Gasteiger partial charge in [-0.15, -0.1) is 11.3 Å². The summed E-state index contributed by atoms with van der Waals surface area (Å²) < 4.78 is 0. The number of fused-ring (bicyclic) bond motifs is 1. The van der Waals surface area contributed by atoms with Gasteiger partial charge in [-0.2, -0.15) is 0 Å². The van der Waals surface area contributed by atoms with Crippen molar-refractivity contribution in [1.82, 2.24) is 15.3 Å². The normalized spacial score (nSPS) is 12.9. The fraction of sp³-hybridized carbons (Fsp3) is 0.214. The van der Waals surface area contributed by atoms with Crippen molar-refractivity contribution in [2.75, 3.05) is 0 Å². The Morgan fingerprint density at radius 2 is 2.11 bits per heavy atom. The molecule has 0 spiro atoms. The number of nitrogens with one attached hydrogen (secondary N) is 3. The highest BCUT2D eigenvalue weighted by Crippen LogP contribution is 2.18. The molecule has 3 N–H and O–H groups in total. The first-order valence-corrected chi connectivity index (χ1v) is 7.08. The van der Waals surface area contributed by atoms with E-state index >= 15 is 0 Å². The summed E-state index contributed by atoms with van der Waals surface area (Å²) in [7, 11) is 0. The van der Waals surface area contributed by atoms with Gasteiger partial charge in [0.05, 0.1) is 11.0 Å². The Hall–Kier alpha value is -1.85. The van der Waals surface area contributed by atoms with Gasteiger partial charge in [0.1, 0.15) is 0 Å². The molecule has 2 aromatic heterocycles. The second kappa shape index (κ2) is 5.03. The maximum absolute atomic E-state index is 11.2. The second-order valence-corrected chi connectivity index (χ2v) is 5.60. The van der Waals surface area contributed by atoms with Gasteiger partial charge in [0.15, 0.2) is 0 Å². The molecule has 2 heterocycles. The molecule has 1 aromatic carbocycles. The number of aromatic amines is 2. The largest absolute Gasteiger partial charge is 0.323 e. The highest BCUT2D eigenvalue weighted by molar-refractivity contribution is 7.09. The van der Waals surface area contributed by atoms with E-state index in [4.69, 9.17) is 0 Å². The van der Waals surface area contributed by atoms with Gasteiger partial charge >= 0.3 is 5.69 Å². The third kappa shape index (κ3) is 2.62. The Balaban J connectivity index is 1.77. The molecule has 0 amide bonds. The molecular formula is C14H15N3OS. The number of aromatic nitrogens is 2. The lowest BCUT2D eigenvalue weighted by Crippen LogP contribution is -2.17. The van der Waals surface area contributed by atoms with E-state index < -0.39 is 0 Å². The van der Waals surface area contributed by atoms with Crippen molar-refractivity contribution < 1.29 is 0 Å². The number of rotatable bonds is 4. The average Bonchev–Trinajstić information content (AvgIpc) is 3.02. The first-order chi connectivity index (χ1) is 9.22. The second-order valence-electron chi connectivity index (χ2n) is 4.57. The number of benzene rings is 1. The van der Waals surface area contributed by atoms with E-state index in [2.05, 4.69) is 39.7 Å². The van der Waals surface area contributed by atoms with Gasteiger partial charge in [0, 0.05) is 17.5 Å². The van der Waals surface area contributed by atoms with Gasteiger partial charge in [0.25, 0.3) is 0 Å². The molecule has 0 fully saturated rings. The van der Waals surface area contributed by atoms with Crippen LogP contribution >= 0.6 is 11.3 Å². The van der Waals surface area contributed by atoms with Crippen LogP contribution < -0.4 is 11.0 Å². The molecule has 1 atom stereocenters. The van der Waals surface area contributed by atoms with Crippen molar-refractivity contribution in [1.29, 1.82) is 0 Å². The number of thiophene rings is 1. The third-order valence-corrected chi connectivity index (χ3v) is 4.08. The molecule has 98 valence electrons. The third-order valence-electron chi connectivity index (χ3n) is 3.20. The Kier molecular flexibility index (Phi) is 3.23. The number of hydrogen-bond donors (Lipinski definition) is 3. The first-order valence-electron chi connectivity index (χ1n) is 6.20. The summed E-state index contributed by atoms with van der Waals surface area (Å²) >= 11 is 1.75. The lowest BCUT2D eigenvalue weighted by molar-refractivity contribution is 0.579. The van der Waals surface area contributed by atoms with Crippen LogP contribution in [0.4, 0.5) is 0 Å². The van der Waals surface area contributed by atoms with Crippen LogP contribution in [-0.2, 0) is 6.54 Å². The topological polar surface area (TPSA) is 60.7 Å². The summed E-state index contributed by atoms with van der Waals surface area (Å²) in [5, 5.41) is 5.56. The van der Waals surface area contributed by atoms with Gasteiger partial charge < -0.3 is 15.3 Å². The first kappa shape index (κ1) is 12.2. The maximum Gasteiger partial charge on any atom is 0.323 e. The quantitative estimate of drug-likeness (QED) is 0.684. The highest BCUT2D eigenvalue weighted by Gasteiger charge is 2.07. The summed E-state index contributed by atoms with van der Waals surface area (Å²) in [5.74, 6) is 0. The smallest absolute Gasteiger partial charge is 0.306 e. The Bertz CT molecular complexity index is 727. The van der Waals surface area contributed by atoms with Crippen molar-refractivity contribution in [3.63, 3.8) is 0 Å². The molecule has 4 nitrogen and oxygen atoms in total. The number of imidazole rings is 1. The molecular weight excluding hydrogens is 258 g/mol. The molecule has 19 heavy (non-hydrogen) atoms. The van der Waals surface area contributed by atoms with Gasteiger partial charge in [-0.3, -0.25) is 0 Å². The number of hydrogen-bond acceptors (Lipinski definition) is 3. The van der Waals surface area contributed by atoms with Gasteiger partial charge in [-0.25, -0.2) is 4.79 Å². The minimum absolute atomic E-state index is 0.161. The van der Waals surface area contributed by atoms with E-state index in [1.165, 1.54) is 10.4 Å². The van der Waals surface area contributed by atoms with Crippen molar-refractivity contribution in [3.8, 4) is 0 Å². The lowest BCUT2D eigenvalue weighted by atomic mass is 10.1. The zero-order valence-corrected chi connectivity index (χ0v) is 11.4. The molecule has 0 saturated carbocycles. The summed E-state index contributed by atoms with van der Waals surface area (Å²) in [4.78, 5) is 18.1. The summed E-state index contributed by atoms with van der Waals surface area (Å²) in [5.41, 5.74) is 2.71. The monoisotopic (exact) mass is 273 g/mol. The Morgan fingerprint density at radius 3 is 2.89 bits per heavy atom. The van der Waals surface area contributed by atoms with E-state index in [1.807, 2.05) is 18.2 Å². The van der Waals surface area contributed by atoms with Crippen molar-refractivity contribution in [2.45, 2.75) is 19.5 Å². The number of H-pyrrole nitrogens is 2. The Morgan fingerprint density at radius 1 is 1.26 bits per heavy atom. The van der Waals surface area contributed by atoms with E-state index in [9.17, 15) is 4.79 Å². The predicted molar refractivity (Wildman–Crippen MR) is 78.5 cm³/mol. The molecule has 0 radical (unpaired) electrons. The highest BCUT2D eigenvalue weighted by atomic mass is 32.1. The standard InChI is InChI=1S/C14H15N3OS/c1-9(15-8-11-3-2-6-19-11)10-4-5-12-13(7-10)17-14(18)16-12/h2-7,9,15H,8H2,1H3,(H2,16,17,18). The summed E-state index contributed by atoms with van der Waals surface area (Å²) in [6.45, 7) is 2.99. The van der Waals surface area contributed by atoms with Gasteiger partial charge in [-0.1, -0.05) is 12.1 Å². The van der Waals surface area contributed by atoms with E-state index in [1.54, 1.807) is 11.3 Å². The van der Waals surface area contributed by atoms with Crippen LogP contribution in [0.1, 0.15) is 23.4 Å². The minimum atomic E-state index is -0.161. The van der Waals surface area contributed by atoms with Gasteiger partial charge in [-0.05, 0) is 36.1 Å².